The summed E-state index contributed by atoms with van der Waals surface area (Å²) in [5.41, 5.74) is 5.42. The highest BCUT2D eigenvalue weighted by Gasteiger charge is 2.28. The Kier molecular flexibility index (Phi) is 7.49. The fraction of sp³-hybridized carbons (Fsp3) is 1.00. The van der Waals surface area contributed by atoms with E-state index in [2.05, 4.69) is 0 Å². The van der Waals surface area contributed by atoms with Crippen LogP contribution in [0.1, 0.15) is 12.8 Å². The molecule has 4 nitrogen and oxygen atoms in total. The predicted octanol–water partition coefficient (Wildman–Crippen LogP) is 0.453. The monoisotopic (exact) mass is 207 g/mol. The van der Waals surface area contributed by atoms with Crippen LogP contribution in [0.5, 0.6) is 0 Å². The highest BCUT2D eigenvalue weighted by molar-refractivity contribution is 6.65. The summed E-state index contributed by atoms with van der Waals surface area (Å²) < 4.78 is 11.0. The molecule has 0 aromatic rings. The molecular weight excluding hydrogens is 186 g/mol. The van der Waals surface area contributed by atoms with E-state index in [4.69, 9.17) is 19.7 Å². The third-order valence-corrected chi connectivity index (χ3v) is 4.92. The van der Waals surface area contributed by atoms with Gasteiger partial charge in [0.25, 0.3) is 0 Å². The molecule has 5 heteroatoms. The Balaban J connectivity index is 3.67. The predicted molar refractivity (Wildman–Crippen MR) is 54.8 cm³/mol. The van der Waals surface area contributed by atoms with Gasteiger partial charge in [0.1, 0.15) is 0 Å². The number of rotatable bonds is 8. The van der Waals surface area contributed by atoms with Gasteiger partial charge in [-0.2, -0.15) is 0 Å². The average molecular weight is 207 g/mol. The summed E-state index contributed by atoms with van der Waals surface area (Å²) >= 11 is 0. The summed E-state index contributed by atoms with van der Waals surface area (Å²) in [5, 5.41) is 8.59. The maximum Gasteiger partial charge on any atom is 0.334 e. The van der Waals surface area contributed by atoms with Crippen LogP contribution in [-0.2, 0) is 8.85 Å². The van der Waals surface area contributed by atoms with Gasteiger partial charge >= 0.3 is 8.56 Å². The van der Waals surface area contributed by atoms with Crippen molar-refractivity contribution in [2.45, 2.75) is 25.4 Å². The molecule has 3 N–H and O–H groups in total. The third kappa shape index (κ3) is 6.17. The summed E-state index contributed by atoms with van der Waals surface area (Å²) in [7, 11) is -0.290. The minimum atomic E-state index is -1.97. The topological polar surface area (TPSA) is 64.7 Å². The Morgan fingerprint density at radius 2 is 2.08 bits per heavy atom. The van der Waals surface area contributed by atoms with Crippen molar-refractivity contribution in [2.75, 3.05) is 26.9 Å². The van der Waals surface area contributed by atoms with Gasteiger partial charge in [-0.1, -0.05) is 0 Å². The van der Waals surface area contributed by atoms with Crippen LogP contribution in [-0.4, -0.2) is 40.5 Å². The molecule has 0 radical (unpaired) electrons. The van der Waals surface area contributed by atoms with E-state index in [0.717, 1.165) is 12.5 Å². The van der Waals surface area contributed by atoms with E-state index in [1.807, 2.05) is 6.55 Å². The SMILES string of the molecule is CO[Si](C)(CCCN)OCCCO. The van der Waals surface area contributed by atoms with E-state index in [-0.39, 0.29) is 6.61 Å². The van der Waals surface area contributed by atoms with E-state index in [9.17, 15) is 0 Å². The molecule has 80 valence electrons. The summed E-state index contributed by atoms with van der Waals surface area (Å²) in [5.74, 6) is 0. The van der Waals surface area contributed by atoms with Crippen LogP contribution in [0, 0.1) is 0 Å². The third-order valence-electron chi connectivity index (χ3n) is 1.98. The highest BCUT2D eigenvalue weighted by atomic mass is 28.4. The molecule has 0 aliphatic heterocycles. The van der Waals surface area contributed by atoms with Gasteiger partial charge in [-0.25, -0.2) is 0 Å². The zero-order valence-corrected chi connectivity index (χ0v) is 9.58. The molecule has 0 spiro atoms. The zero-order valence-electron chi connectivity index (χ0n) is 8.58. The van der Waals surface area contributed by atoms with Crippen molar-refractivity contribution in [2.24, 2.45) is 5.73 Å². The van der Waals surface area contributed by atoms with Crippen LogP contribution in [0.4, 0.5) is 0 Å². The molecule has 0 rings (SSSR count). The van der Waals surface area contributed by atoms with Crippen molar-refractivity contribution in [1.82, 2.24) is 0 Å². The van der Waals surface area contributed by atoms with Crippen LogP contribution in [0.15, 0.2) is 0 Å². The quantitative estimate of drug-likeness (QED) is 0.448. The summed E-state index contributed by atoms with van der Waals surface area (Å²) in [6.07, 6.45) is 1.62. The van der Waals surface area contributed by atoms with Crippen molar-refractivity contribution < 1.29 is 14.0 Å². The summed E-state index contributed by atoms with van der Waals surface area (Å²) in [6.45, 7) is 3.46. The smallest absolute Gasteiger partial charge is 0.334 e. The lowest BCUT2D eigenvalue weighted by Gasteiger charge is -2.24. The molecule has 1 atom stereocenters. The molecule has 1 unspecified atom stereocenters. The van der Waals surface area contributed by atoms with Crippen LogP contribution in [0.3, 0.4) is 0 Å². The number of aliphatic hydroxyl groups excluding tert-OH is 1. The lowest BCUT2D eigenvalue weighted by Crippen LogP contribution is -2.38. The highest BCUT2D eigenvalue weighted by Crippen LogP contribution is 2.14. The zero-order chi connectivity index (χ0) is 10.2. The standard InChI is InChI=1S/C8H21NO3Si/c1-11-13(2,8-3-5-9)12-7-4-6-10/h10H,3-9H2,1-2H3. The molecule has 0 aliphatic carbocycles. The molecule has 0 fully saturated rings. The number of aliphatic hydroxyl groups is 1. The summed E-state index contributed by atoms with van der Waals surface area (Å²) in [4.78, 5) is 0. The van der Waals surface area contributed by atoms with Crippen molar-refractivity contribution in [3.63, 3.8) is 0 Å². The number of hydrogen-bond acceptors (Lipinski definition) is 4. The second-order valence-corrected chi connectivity index (χ2v) is 6.62. The molecule has 0 saturated heterocycles. The van der Waals surface area contributed by atoms with Crippen molar-refractivity contribution >= 4 is 8.56 Å². The lowest BCUT2D eigenvalue weighted by molar-refractivity contribution is 0.178. The first kappa shape index (κ1) is 13.1. The van der Waals surface area contributed by atoms with Gasteiger partial charge in [0.15, 0.2) is 0 Å². The maximum atomic E-state index is 8.59. The average Bonchev–Trinajstić information content (AvgIpc) is 2.15. The van der Waals surface area contributed by atoms with Gasteiger partial charge in [-0.05, 0) is 32.0 Å². The first-order chi connectivity index (χ1) is 6.18. The Morgan fingerprint density at radius 3 is 2.54 bits per heavy atom. The van der Waals surface area contributed by atoms with Gasteiger partial charge in [0, 0.05) is 20.3 Å². The fourth-order valence-electron chi connectivity index (χ4n) is 1.01. The molecule has 0 bridgehead atoms. The Hall–Kier alpha value is 0.0569. The molecule has 0 amide bonds. The largest absolute Gasteiger partial charge is 0.398 e. The Bertz CT molecular complexity index is 126. The minimum absolute atomic E-state index is 0.172. The normalized spacial score (nSPS) is 15.7. The fourth-order valence-corrected chi connectivity index (χ4v) is 2.90. The van der Waals surface area contributed by atoms with Crippen molar-refractivity contribution in [3.8, 4) is 0 Å². The van der Waals surface area contributed by atoms with Crippen LogP contribution in [0.25, 0.3) is 0 Å². The van der Waals surface area contributed by atoms with Gasteiger partial charge in [0.2, 0.25) is 0 Å². The second kappa shape index (κ2) is 7.46. The molecule has 13 heavy (non-hydrogen) atoms. The van der Waals surface area contributed by atoms with E-state index in [1.54, 1.807) is 7.11 Å². The first-order valence-electron chi connectivity index (χ1n) is 4.68. The molecular formula is C8H21NO3Si. The second-order valence-electron chi connectivity index (χ2n) is 3.16. The van der Waals surface area contributed by atoms with Gasteiger partial charge in [0.05, 0.1) is 0 Å². The number of hydrogen-bond donors (Lipinski definition) is 2. The van der Waals surface area contributed by atoms with E-state index in [1.165, 1.54) is 0 Å². The molecule has 0 heterocycles. The van der Waals surface area contributed by atoms with Crippen LogP contribution < -0.4 is 5.73 Å². The number of nitrogens with two attached hydrogens (primary N) is 1. The maximum absolute atomic E-state index is 8.59. The molecule has 0 saturated carbocycles. The van der Waals surface area contributed by atoms with E-state index >= 15 is 0 Å². The van der Waals surface area contributed by atoms with Gasteiger partial charge < -0.3 is 19.7 Å². The van der Waals surface area contributed by atoms with E-state index in [0.29, 0.717) is 19.6 Å². The van der Waals surface area contributed by atoms with Gasteiger partial charge in [-0.15, -0.1) is 0 Å². The van der Waals surface area contributed by atoms with Crippen LogP contribution >= 0.6 is 0 Å². The van der Waals surface area contributed by atoms with Crippen molar-refractivity contribution in [1.29, 1.82) is 0 Å². The Morgan fingerprint density at radius 1 is 1.38 bits per heavy atom. The molecule has 0 aliphatic rings. The van der Waals surface area contributed by atoms with E-state index < -0.39 is 8.56 Å². The molecule has 0 aromatic carbocycles. The Labute approximate surface area is 81.3 Å². The van der Waals surface area contributed by atoms with Gasteiger partial charge in [-0.3, -0.25) is 0 Å². The first-order valence-corrected chi connectivity index (χ1v) is 7.21. The summed E-state index contributed by atoms with van der Waals surface area (Å²) in [6, 6.07) is 0.922. The molecule has 0 aromatic heterocycles. The lowest BCUT2D eigenvalue weighted by atomic mass is 10.5. The minimum Gasteiger partial charge on any atom is -0.398 e. The van der Waals surface area contributed by atoms with Crippen molar-refractivity contribution in [3.05, 3.63) is 0 Å². The van der Waals surface area contributed by atoms with Crippen LogP contribution in [0.2, 0.25) is 12.6 Å².